The number of carbonyl (C=O) groups is 2. The van der Waals surface area contributed by atoms with Crippen molar-refractivity contribution in [2.45, 2.75) is 57.3 Å². The number of aliphatic hydroxyl groups is 1. The molecule has 210 valence electrons. The van der Waals surface area contributed by atoms with Gasteiger partial charge < -0.3 is 25.4 Å². The number of fused-ring (bicyclic) bond motifs is 1. The third-order valence-electron chi connectivity index (χ3n) is 7.48. The average molecular weight is 565 g/mol. The quantitative estimate of drug-likeness (QED) is 0.359. The van der Waals surface area contributed by atoms with Gasteiger partial charge in [0, 0.05) is 24.9 Å². The van der Waals surface area contributed by atoms with Crippen molar-refractivity contribution in [3.8, 4) is 11.3 Å². The summed E-state index contributed by atoms with van der Waals surface area (Å²) in [6.45, 7) is 1.76. The fourth-order valence-corrected chi connectivity index (χ4v) is 5.48. The molecule has 0 spiro atoms. The number of anilines is 1. The molecule has 3 heterocycles. The van der Waals surface area contributed by atoms with Crippen LogP contribution in [0, 0.1) is 6.92 Å². The highest BCUT2D eigenvalue weighted by Gasteiger charge is 2.31. The van der Waals surface area contributed by atoms with E-state index in [1.165, 1.54) is 4.90 Å². The van der Waals surface area contributed by atoms with Gasteiger partial charge in [0.1, 0.15) is 6.54 Å². The largest absolute Gasteiger partial charge is 0.394 e. The smallest absolute Gasteiger partial charge is 0.256 e. The Hall–Kier alpha value is -3.60. The van der Waals surface area contributed by atoms with Crippen molar-refractivity contribution in [3.05, 3.63) is 70.1 Å². The highest BCUT2D eigenvalue weighted by molar-refractivity contribution is 6.32. The molecule has 1 saturated carbocycles. The van der Waals surface area contributed by atoms with E-state index in [1.54, 1.807) is 25.6 Å². The Kier molecular flexibility index (Phi) is 8.58. The van der Waals surface area contributed by atoms with Crippen molar-refractivity contribution in [2.24, 2.45) is 0 Å². The van der Waals surface area contributed by atoms with Gasteiger partial charge in [0.25, 0.3) is 5.91 Å². The van der Waals surface area contributed by atoms with Crippen molar-refractivity contribution in [3.63, 3.8) is 0 Å². The number of pyridine rings is 1. The lowest BCUT2D eigenvalue weighted by molar-refractivity contribution is -0.122. The number of aromatic nitrogens is 3. The number of hydrogen-bond donors (Lipinski definition) is 3. The number of nitrogens with one attached hydrogen (secondary N) is 2. The minimum Gasteiger partial charge on any atom is -0.394 e. The molecule has 1 unspecified atom stereocenters. The zero-order valence-electron chi connectivity index (χ0n) is 22.6. The van der Waals surface area contributed by atoms with Gasteiger partial charge in [-0.15, -0.1) is 0 Å². The first-order valence-corrected chi connectivity index (χ1v) is 13.8. The minimum absolute atomic E-state index is 0.152. The normalized spacial score (nSPS) is 19.3. The second kappa shape index (κ2) is 12.3. The zero-order valence-corrected chi connectivity index (χ0v) is 23.3. The van der Waals surface area contributed by atoms with Crippen LogP contribution in [0.3, 0.4) is 0 Å². The molecular formula is C29H33ClN6O4. The molecule has 2 aromatic heterocycles. The van der Waals surface area contributed by atoms with Crippen LogP contribution in [0.2, 0.25) is 5.02 Å². The van der Waals surface area contributed by atoms with Crippen LogP contribution in [-0.2, 0) is 16.1 Å². The first kappa shape index (κ1) is 27.9. The van der Waals surface area contributed by atoms with E-state index in [9.17, 15) is 14.7 Å². The molecule has 1 aliphatic carbocycles. The van der Waals surface area contributed by atoms with Gasteiger partial charge in [-0.2, -0.15) is 0 Å². The molecule has 1 aliphatic heterocycles. The standard InChI is InChI=1S/C29H33ClN6O4/c1-17-4-3-5-18(10-17)25(16-37)34-26(38)15-36-14-24-22(28(36)39)11-19(12-31-24)27-23(30)13-32-29(35-27)33-20-6-8-21(40-2)9-7-20/h3-5,10-13,20-21,25,37H,6-9,14-16H2,1-2H3,(H,34,38)(H,32,33,35)/t20-,21-,25?. The van der Waals surface area contributed by atoms with E-state index in [2.05, 4.69) is 25.6 Å². The van der Waals surface area contributed by atoms with Crippen molar-refractivity contribution >= 4 is 29.4 Å². The number of nitrogens with zero attached hydrogens (tertiary/aromatic N) is 4. The van der Waals surface area contributed by atoms with Crippen LogP contribution in [0.1, 0.15) is 58.9 Å². The first-order valence-electron chi connectivity index (χ1n) is 13.4. The fourth-order valence-electron chi connectivity index (χ4n) is 5.28. The van der Waals surface area contributed by atoms with Crippen molar-refractivity contribution < 1.29 is 19.4 Å². The molecule has 10 nitrogen and oxygen atoms in total. The molecule has 0 radical (unpaired) electrons. The number of benzene rings is 1. The van der Waals surface area contributed by atoms with Crippen LogP contribution in [-0.4, -0.2) is 69.2 Å². The van der Waals surface area contributed by atoms with E-state index in [0.29, 0.717) is 39.6 Å². The summed E-state index contributed by atoms with van der Waals surface area (Å²) < 4.78 is 5.45. The first-order chi connectivity index (χ1) is 19.3. The maximum absolute atomic E-state index is 13.2. The molecule has 1 aromatic carbocycles. The van der Waals surface area contributed by atoms with Gasteiger partial charge in [-0.25, -0.2) is 9.97 Å². The Balaban J connectivity index is 1.26. The lowest BCUT2D eigenvalue weighted by Crippen LogP contribution is -2.40. The highest BCUT2D eigenvalue weighted by atomic mass is 35.5. The Bertz CT molecular complexity index is 1390. The summed E-state index contributed by atoms with van der Waals surface area (Å²) >= 11 is 6.45. The van der Waals surface area contributed by atoms with Crippen LogP contribution in [0.25, 0.3) is 11.3 Å². The van der Waals surface area contributed by atoms with E-state index in [1.807, 2.05) is 31.2 Å². The van der Waals surface area contributed by atoms with Gasteiger partial charge >= 0.3 is 0 Å². The number of methoxy groups -OCH3 is 1. The van der Waals surface area contributed by atoms with Crippen molar-refractivity contribution in [1.82, 2.24) is 25.2 Å². The number of halogens is 1. The number of hydrogen-bond acceptors (Lipinski definition) is 8. The summed E-state index contributed by atoms with van der Waals surface area (Å²) in [5.74, 6) is -0.192. The van der Waals surface area contributed by atoms with Crippen LogP contribution < -0.4 is 10.6 Å². The van der Waals surface area contributed by atoms with Gasteiger partial charge in [-0.1, -0.05) is 41.4 Å². The second-order valence-corrected chi connectivity index (χ2v) is 10.7. The predicted octanol–water partition coefficient (Wildman–Crippen LogP) is 3.68. The summed E-state index contributed by atoms with van der Waals surface area (Å²) in [5, 5.41) is 16.4. The van der Waals surface area contributed by atoms with Crippen molar-refractivity contribution in [2.75, 3.05) is 25.6 Å². The molecule has 0 saturated heterocycles. The van der Waals surface area contributed by atoms with Crippen LogP contribution in [0.5, 0.6) is 0 Å². The number of aliphatic hydroxyl groups excluding tert-OH is 1. The topological polar surface area (TPSA) is 130 Å². The number of rotatable bonds is 9. The maximum Gasteiger partial charge on any atom is 0.256 e. The Labute approximate surface area is 238 Å². The number of aryl methyl sites for hydroxylation is 1. The highest BCUT2D eigenvalue weighted by Crippen LogP contribution is 2.31. The maximum atomic E-state index is 13.2. The van der Waals surface area contributed by atoms with E-state index in [0.717, 1.165) is 36.8 Å². The van der Waals surface area contributed by atoms with Gasteiger partial charge in [-0.05, 0) is 44.2 Å². The van der Waals surface area contributed by atoms with Gasteiger partial charge in [-0.3, -0.25) is 14.6 Å². The average Bonchev–Trinajstić information content (AvgIpc) is 3.27. The summed E-state index contributed by atoms with van der Waals surface area (Å²) in [4.78, 5) is 40.9. The lowest BCUT2D eigenvalue weighted by atomic mass is 9.93. The number of ether oxygens (including phenoxy) is 1. The van der Waals surface area contributed by atoms with E-state index < -0.39 is 6.04 Å². The van der Waals surface area contributed by atoms with Crippen LogP contribution in [0.4, 0.5) is 5.95 Å². The van der Waals surface area contributed by atoms with Gasteiger partial charge in [0.05, 0.1) is 53.5 Å². The molecule has 40 heavy (non-hydrogen) atoms. The predicted molar refractivity (Wildman–Crippen MR) is 151 cm³/mol. The van der Waals surface area contributed by atoms with Gasteiger partial charge in [0.2, 0.25) is 11.9 Å². The molecule has 2 aliphatic rings. The molecular weight excluding hydrogens is 532 g/mol. The Morgan fingerprint density at radius 3 is 2.73 bits per heavy atom. The molecule has 3 aromatic rings. The minimum atomic E-state index is -0.560. The molecule has 0 bridgehead atoms. The second-order valence-electron chi connectivity index (χ2n) is 10.3. The SMILES string of the molecule is CO[C@H]1CC[C@H](Nc2ncc(Cl)c(-c3cnc4c(c3)C(=O)N(CC(=O)NC(CO)c3cccc(C)c3)C4)n2)CC1. The molecule has 3 N–H and O–H groups in total. The van der Waals surface area contributed by atoms with E-state index in [4.69, 9.17) is 16.3 Å². The third kappa shape index (κ3) is 6.24. The van der Waals surface area contributed by atoms with Crippen LogP contribution >= 0.6 is 11.6 Å². The van der Waals surface area contributed by atoms with Crippen LogP contribution in [0.15, 0.2) is 42.7 Å². The van der Waals surface area contributed by atoms with Gasteiger partial charge in [0.15, 0.2) is 0 Å². The molecule has 1 atom stereocenters. The monoisotopic (exact) mass is 564 g/mol. The zero-order chi connectivity index (χ0) is 28.2. The number of amides is 2. The molecule has 1 fully saturated rings. The fraction of sp³-hybridized carbons (Fsp3) is 0.414. The summed E-state index contributed by atoms with van der Waals surface area (Å²) in [5.41, 5.74) is 3.89. The molecule has 5 rings (SSSR count). The summed E-state index contributed by atoms with van der Waals surface area (Å²) in [6.07, 6.45) is 7.36. The molecule has 11 heteroatoms. The Morgan fingerprint density at radius 1 is 1.20 bits per heavy atom. The summed E-state index contributed by atoms with van der Waals surface area (Å²) in [7, 11) is 1.75. The third-order valence-corrected chi connectivity index (χ3v) is 7.76. The Morgan fingerprint density at radius 2 is 2.00 bits per heavy atom. The van der Waals surface area contributed by atoms with E-state index >= 15 is 0 Å². The molecule has 2 amide bonds. The number of carbonyl (C=O) groups excluding carboxylic acids is 2. The lowest BCUT2D eigenvalue weighted by Gasteiger charge is -2.28. The van der Waals surface area contributed by atoms with E-state index in [-0.39, 0.29) is 37.6 Å². The summed E-state index contributed by atoms with van der Waals surface area (Å²) in [6, 6.07) is 8.98. The van der Waals surface area contributed by atoms with Crippen molar-refractivity contribution in [1.29, 1.82) is 0 Å².